The van der Waals surface area contributed by atoms with Crippen LogP contribution in [0.5, 0.6) is 5.75 Å². The number of imide groups is 1. The molecule has 8 nitrogen and oxygen atoms in total. The van der Waals surface area contributed by atoms with Gasteiger partial charge >= 0.3 is 6.03 Å². The Morgan fingerprint density at radius 2 is 1.96 bits per heavy atom. The fourth-order valence-electron chi connectivity index (χ4n) is 3.88. The van der Waals surface area contributed by atoms with Crippen molar-refractivity contribution in [2.45, 2.75) is 32.2 Å². The Kier molecular flexibility index (Phi) is 5.08. The quantitative estimate of drug-likeness (QED) is 0.748. The third-order valence-corrected chi connectivity index (χ3v) is 5.35. The van der Waals surface area contributed by atoms with Crippen molar-refractivity contribution in [3.63, 3.8) is 0 Å². The van der Waals surface area contributed by atoms with E-state index < -0.39 is 5.54 Å². The van der Waals surface area contributed by atoms with E-state index in [2.05, 4.69) is 4.98 Å². The van der Waals surface area contributed by atoms with Gasteiger partial charge < -0.3 is 14.5 Å². The summed E-state index contributed by atoms with van der Waals surface area (Å²) in [5, 5.41) is 0. The molecule has 0 saturated carbocycles. The van der Waals surface area contributed by atoms with Crippen molar-refractivity contribution in [3.05, 3.63) is 24.0 Å². The minimum atomic E-state index is -0.839. The van der Waals surface area contributed by atoms with Crippen molar-refractivity contribution in [1.29, 1.82) is 0 Å². The number of amides is 4. The first-order valence-corrected chi connectivity index (χ1v) is 9.19. The van der Waals surface area contributed by atoms with E-state index in [1.54, 1.807) is 21.9 Å². The molecule has 0 aliphatic carbocycles. The zero-order valence-electron chi connectivity index (χ0n) is 16.3. The number of likely N-dealkylation sites (tertiary alicyclic amines) is 1. The average Bonchev–Trinajstić information content (AvgIpc) is 2.84. The molecule has 4 amide bonds. The molecule has 2 aliphatic heterocycles. The molecule has 2 aliphatic rings. The number of rotatable bonds is 4. The van der Waals surface area contributed by atoms with Gasteiger partial charge in [-0.25, -0.2) is 4.79 Å². The van der Waals surface area contributed by atoms with Crippen LogP contribution >= 0.6 is 0 Å². The summed E-state index contributed by atoms with van der Waals surface area (Å²) >= 11 is 0. The summed E-state index contributed by atoms with van der Waals surface area (Å²) in [6, 6.07) is 3.04. The molecule has 27 heavy (non-hydrogen) atoms. The first-order chi connectivity index (χ1) is 12.8. The van der Waals surface area contributed by atoms with Gasteiger partial charge in [-0.2, -0.15) is 0 Å². The molecule has 3 heterocycles. The fourth-order valence-corrected chi connectivity index (χ4v) is 3.88. The van der Waals surface area contributed by atoms with E-state index in [0.717, 1.165) is 0 Å². The molecule has 0 N–H and O–H groups in total. The van der Waals surface area contributed by atoms with Crippen molar-refractivity contribution >= 4 is 17.8 Å². The van der Waals surface area contributed by atoms with Gasteiger partial charge in [0.25, 0.3) is 11.8 Å². The number of carbonyl (C=O) groups is 3. The average molecular weight is 374 g/mol. The van der Waals surface area contributed by atoms with Crippen LogP contribution in [0.4, 0.5) is 4.79 Å². The van der Waals surface area contributed by atoms with Crippen LogP contribution in [0.3, 0.4) is 0 Å². The van der Waals surface area contributed by atoms with E-state index in [1.165, 1.54) is 25.3 Å². The van der Waals surface area contributed by atoms with Crippen LogP contribution in [0.1, 0.15) is 37.2 Å². The number of pyridine rings is 1. The second-order valence-corrected chi connectivity index (χ2v) is 7.56. The smallest absolute Gasteiger partial charge is 0.327 e. The molecule has 2 saturated heterocycles. The molecule has 0 unspecified atom stereocenters. The van der Waals surface area contributed by atoms with E-state index >= 15 is 0 Å². The number of nitrogens with zero attached hydrogens (tertiary/aromatic N) is 4. The van der Waals surface area contributed by atoms with E-state index in [-0.39, 0.29) is 23.8 Å². The van der Waals surface area contributed by atoms with Gasteiger partial charge in [0, 0.05) is 38.9 Å². The predicted octanol–water partition coefficient (Wildman–Crippen LogP) is 1.61. The molecule has 8 heteroatoms. The number of hydrogen-bond acceptors (Lipinski definition) is 5. The van der Waals surface area contributed by atoms with Gasteiger partial charge in [-0.3, -0.25) is 19.5 Å². The molecule has 1 aromatic rings. The minimum Gasteiger partial charge on any atom is -0.497 e. The van der Waals surface area contributed by atoms with E-state index in [1.807, 2.05) is 13.8 Å². The summed E-state index contributed by atoms with van der Waals surface area (Å²) in [4.78, 5) is 46.9. The van der Waals surface area contributed by atoms with Crippen LogP contribution in [-0.2, 0) is 4.79 Å². The maximum absolute atomic E-state index is 12.8. The van der Waals surface area contributed by atoms with E-state index in [0.29, 0.717) is 43.9 Å². The number of urea groups is 1. The summed E-state index contributed by atoms with van der Waals surface area (Å²) in [6.07, 6.45) is 2.41. The Balaban J connectivity index is 1.77. The molecule has 0 aromatic carbocycles. The molecule has 1 spiro atoms. The van der Waals surface area contributed by atoms with Crippen LogP contribution in [0.2, 0.25) is 0 Å². The number of hydrogen-bond donors (Lipinski definition) is 0. The zero-order valence-corrected chi connectivity index (χ0v) is 16.3. The Morgan fingerprint density at radius 1 is 1.30 bits per heavy atom. The van der Waals surface area contributed by atoms with Crippen molar-refractivity contribution in [1.82, 2.24) is 19.7 Å². The molecule has 3 rings (SSSR count). The molecule has 1 aromatic heterocycles. The van der Waals surface area contributed by atoms with Gasteiger partial charge in [-0.1, -0.05) is 13.8 Å². The molecule has 0 radical (unpaired) electrons. The highest BCUT2D eigenvalue weighted by molar-refractivity contribution is 6.07. The first-order valence-electron chi connectivity index (χ1n) is 9.19. The van der Waals surface area contributed by atoms with Crippen LogP contribution in [0.15, 0.2) is 18.3 Å². The van der Waals surface area contributed by atoms with Crippen molar-refractivity contribution in [2.75, 3.05) is 33.8 Å². The molecule has 146 valence electrons. The highest BCUT2D eigenvalue weighted by Gasteiger charge is 2.57. The third kappa shape index (κ3) is 3.24. The monoisotopic (exact) mass is 374 g/mol. The van der Waals surface area contributed by atoms with Crippen LogP contribution in [0, 0.1) is 5.92 Å². The summed E-state index contributed by atoms with van der Waals surface area (Å²) in [6.45, 7) is 5.38. The Hall–Kier alpha value is -2.64. The highest BCUT2D eigenvalue weighted by atomic mass is 16.5. The van der Waals surface area contributed by atoms with Gasteiger partial charge in [0.1, 0.15) is 17.0 Å². The lowest BCUT2D eigenvalue weighted by Crippen LogP contribution is -2.58. The lowest BCUT2D eigenvalue weighted by molar-refractivity contribution is -0.134. The largest absolute Gasteiger partial charge is 0.497 e. The van der Waals surface area contributed by atoms with Crippen molar-refractivity contribution < 1.29 is 19.1 Å². The van der Waals surface area contributed by atoms with Gasteiger partial charge in [0.2, 0.25) is 0 Å². The Bertz CT molecular complexity index is 756. The van der Waals surface area contributed by atoms with Crippen molar-refractivity contribution in [2.24, 2.45) is 5.92 Å². The predicted molar refractivity (Wildman–Crippen MR) is 98.4 cm³/mol. The molecular formula is C19H26N4O4. The third-order valence-electron chi connectivity index (χ3n) is 5.35. The summed E-state index contributed by atoms with van der Waals surface area (Å²) in [5.41, 5.74) is -0.524. The van der Waals surface area contributed by atoms with Crippen LogP contribution < -0.4 is 4.74 Å². The summed E-state index contributed by atoms with van der Waals surface area (Å²) in [5.74, 6) is 0.470. The number of methoxy groups -OCH3 is 1. The Morgan fingerprint density at radius 3 is 2.56 bits per heavy atom. The number of carbonyl (C=O) groups excluding carboxylic acids is 3. The first kappa shape index (κ1) is 19.1. The van der Waals surface area contributed by atoms with Gasteiger partial charge in [-0.05, 0) is 24.8 Å². The summed E-state index contributed by atoms with van der Waals surface area (Å²) in [7, 11) is 3.07. The second kappa shape index (κ2) is 7.17. The van der Waals surface area contributed by atoms with Gasteiger partial charge in [0.05, 0.1) is 7.11 Å². The molecule has 0 atom stereocenters. The minimum absolute atomic E-state index is 0.167. The highest BCUT2D eigenvalue weighted by Crippen LogP contribution is 2.37. The second-order valence-electron chi connectivity index (χ2n) is 7.56. The normalized spacial score (nSPS) is 19.4. The number of ether oxygens (including phenoxy) is 1. The number of aromatic nitrogens is 1. The van der Waals surface area contributed by atoms with Crippen molar-refractivity contribution in [3.8, 4) is 5.75 Å². The van der Waals surface area contributed by atoms with Crippen LogP contribution in [-0.4, -0.2) is 76.9 Å². The lowest BCUT2D eigenvalue weighted by atomic mass is 9.85. The van der Waals surface area contributed by atoms with E-state index in [4.69, 9.17) is 4.74 Å². The zero-order chi connectivity index (χ0) is 19.8. The maximum atomic E-state index is 12.8. The fraction of sp³-hybridized carbons (Fsp3) is 0.579. The molecule has 2 fully saturated rings. The van der Waals surface area contributed by atoms with Crippen LogP contribution in [0.25, 0.3) is 0 Å². The number of likely N-dealkylation sites (N-methyl/N-ethyl adjacent to an activating group) is 1. The molecular weight excluding hydrogens is 348 g/mol. The topological polar surface area (TPSA) is 83.0 Å². The van der Waals surface area contributed by atoms with E-state index in [9.17, 15) is 14.4 Å². The van der Waals surface area contributed by atoms with Gasteiger partial charge in [-0.15, -0.1) is 0 Å². The molecule has 0 bridgehead atoms. The standard InChI is InChI=1S/C19H26N4O4/c1-13(2)12-23-18(26)21(3)17(25)19(23)6-9-22(10-7-19)16(24)15-11-14(27-4)5-8-20-15/h5,8,11,13H,6-7,9-10,12H2,1-4H3. The maximum Gasteiger partial charge on any atom is 0.327 e. The summed E-state index contributed by atoms with van der Waals surface area (Å²) < 4.78 is 5.15. The lowest BCUT2D eigenvalue weighted by Gasteiger charge is -2.42. The Labute approximate surface area is 159 Å². The van der Waals surface area contributed by atoms with Gasteiger partial charge in [0.15, 0.2) is 0 Å². The SMILES string of the molecule is COc1ccnc(C(=O)N2CCC3(CC2)C(=O)N(C)C(=O)N3CC(C)C)c1. The number of piperidine rings is 1.